The lowest BCUT2D eigenvalue weighted by atomic mass is 9.98. The van der Waals surface area contributed by atoms with Crippen LogP contribution in [0.15, 0.2) is 72.8 Å². The monoisotopic (exact) mass is 377 g/mol. The molecule has 3 aromatic rings. The fraction of sp³-hybridized carbons (Fsp3) is 0.174. The van der Waals surface area contributed by atoms with E-state index in [-0.39, 0.29) is 19.1 Å². The number of hydrogen-bond donors (Lipinski definition) is 2. The average Bonchev–Trinajstić information content (AvgIpc) is 3.04. The van der Waals surface area contributed by atoms with Crippen molar-refractivity contribution >= 4 is 6.09 Å². The summed E-state index contributed by atoms with van der Waals surface area (Å²) in [6.45, 7) is -0.172. The Hall–Kier alpha value is -3.18. The lowest BCUT2D eigenvalue weighted by Crippen LogP contribution is -2.32. The zero-order valence-electron chi connectivity index (χ0n) is 15.1. The number of halogens is 1. The Kier molecular flexibility index (Phi) is 5.08. The van der Waals surface area contributed by atoms with E-state index in [1.54, 1.807) is 6.07 Å². The largest absolute Gasteiger partial charge is 0.449 e. The van der Waals surface area contributed by atoms with Crippen LogP contribution in [0.4, 0.5) is 9.18 Å². The fourth-order valence-corrected chi connectivity index (χ4v) is 3.74. The summed E-state index contributed by atoms with van der Waals surface area (Å²) in [7, 11) is 0. The minimum absolute atomic E-state index is 0.0418. The van der Waals surface area contributed by atoms with Gasteiger partial charge in [0.1, 0.15) is 12.4 Å². The van der Waals surface area contributed by atoms with Gasteiger partial charge >= 0.3 is 6.09 Å². The van der Waals surface area contributed by atoms with Gasteiger partial charge in [0.05, 0.1) is 12.6 Å². The van der Waals surface area contributed by atoms with Gasteiger partial charge in [0.2, 0.25) is 0 Å². The second-order valence-corrected chi connectivity index (χ2v) is 6.76. The van der Waals surface area contributed by atoms with Gasteiger partial charge in [0, 0.05) is 5.92 Å². The molecule has 142 valence electrons. The molecule has 4 rings (SSSR count). The van der Waals surface area contributed by atoms with E-state index in [1.807, 2.05) is 36.4 Å². The third-order valence-electron chi connectivity index (χ3n) is 5.07. The molecule has 1 unspecified atom stereocenters. The number of aliphatic hydroxyl groups excluding tert-OH is 1. The van der Waals surface area contributed by atoms with Crippen molar-refractivity contribution in [2.45, 2.75) is 12.0 Å². The molecular weight excluding hydrogens is 357 g/mol. The maximum atomic E-state index is 13.4. The molecule has 0 heterocycles. The van der Waals surface area contributed by atoms with Crippen molar-refractivity contribution in [3.05, 3.63) is 95.3 Å². The average molecular weight is 377 g/mol. The molecule has 1 atom stereocenters. The molecule has 28 heavy (non-hydrogen) atoms. The summed E-state index contributed by atoms with van der Waals surface area (Å²) in [6.07, 6.45) is -0.648. The summed E-state index contributed by atoms with van der Waals surface area (Å²) in [4.78, 5) is 12.3. The number of carbonyl (C=O) groups excluding carboxylic acids is 1. The van der Waals surface area contributed by atoms with Gasteiger partial charge in [-0.15, -0.1) is 0 Å². The van der Waals surface area contributed by atoms with E-state index in [2.05, 4.69) is 17.4 Å². The number of amides is 1. The van der Waals surface area contributed by atoms with Crippen LogP contribution in [0.1, 0.15) is 28.7 Å². The first-order chi connectivity index (χ1) is 13.7. The minimum Gasteiger partial charge on any atom is -0.449 e. The van der Waals surface area contributed by atoms with Crippen molar-refractivity contribution in [2.24, 2.45) is 0 Å². The first-order valence-electron chi connectivity index (χ1n) is 9.15. The normalized spacial score (nSPS) is 13.5. The Morgan fingerprint density at radius 3 is 2.25 bits per heavy atom. The molecule has 0 spiro atoms. The molecule has 3 aromatic carbocycles. The highest BCUT2D eigenvalue weighted by molar-refractivity contribution is 5.79. The van der Waals surface area contributed by atoms with Crippen molar-refractivity contribution < 1.29 is 19.0 Å². The number of carbonyl (C=O) groups is 1. The van der Waals surface area contributed by atoms with Gasteiger partial charge in [-0.2, -0.15) is 0 Å². The topological polar surface area (TPSA) is 58.6 Å². The van der Waals surface area contributed by atoms with Crippen LogP contribution in [0.5, 0.6) is 0 Å². The highest BCUT2D eigenvalue weighted by Crippen LogP contribution is 2.44. The Morgan fingerprint density at radius 2 is 1.64 bits per heavy atom. The van der Waals surface area contributed by atoms with Gasteiger partial charge in [-0.3, -0.25) is 0 Å². The first kappa shape index (κ1) is 18.2. The Morgan fingerprint density at radius 1 is 1.00 bits per heavy atom. The Labute approximate surface area is 162 Å². The number of ether oxygens (including phenoxy) is 1. The molecule has 1 amide bonds. The molecule has 0 saturated heterocycles. The molecule has 0 aromatic heterocycles. The van der Waals surface area contributed by atoms with Crippen molar-refractivity contribution in [3.63, 3.8) is 0 Å². The molecule has 0 aliphatic heterocycles. The second-order valence-electron chi connectivity index (χ2n) is 6.76. The number of hydrogen-bond acceptors (Lipinski definition) is 3. The Balaban J connectivity index is 1.46. The van der Waals surface area contributed by atoms with Gasteiger partial charge in [-0.05, 0) is 39.9 Å². The molecule has 2 N–H and O–H groups in total. The fourth-order valence-electron chi connectivity index (χ4n) is 3.74. The van der Waals surface area contributed by atoms with Crippen molar-refractivity contribution in [2.75, 3.05) is 13.2 Å². The maximum Gasteiger partial charge on any atom is 0.407 e. The van der Waals surface area contributed by atoms with Crippen LogP contribution in [0, 0.1) is 5.82 Å². The van der Waals surface area contributed by atoms with Gasteiger partial charge in [-0.25, -0.2) is 9.18 Å². The summed E-state index contributed by atoms with van der Waals surface area (Å²) in [6, 6.07) is 21.2. The molecule has 1 aliphatic rings. The standard InChI is InChI=1S/C23H20FNO3/c24-16-7-5-6-15(12-16)22(13-26)25-23(27)28-14-21-19-10-3-1-8-17(19)18-9-2-4-11-20(18)21/h1-12,21-22,26H,13-14H2,(H,25,27). The van der Waals surface area contributed by atoms with Gasteiger partial charge in [0.15, 0.2) is 0 Å². The molecule has 5 heteroatoms. The molecule has 0 fully saturated rings. The highest BCUT2D eigenvalue weighted by atomic mass is 19.1. The van der Waals surface area contributed by atoms with Crippen LogP contribution >= 0.6 is 0 Å². The van der Waals surface area contributed by atoms with Gasteiger partial charge < -0.3 is 15.2 Å². The summed E-state index contributed by atoms with van der Waals surface area (Å²) in [5.74, 6) is -0.467. The van der Waals surface area contributed by atoms with Crippen molar-refractivity contribution in [3.8, 4) is 11.1 Å². The predicted octanol–water partition coefficient (Wildman–Crippen LogP) is 4.40. The predicted molar refractivity (Wildman–Crippen MR) is 104 cm³/mol. The van der Waals surface area contributed by atoms with E-state index in [9.17, 15) is 14.3 Å². The maximum absolute atomic E-state index is 13.4. The van der Waals surface area contributed by atoms with E-state index in [1.165, 1.54) is 18.2 Å². The Bertz CT molecular complexity index is 959. The summed E-state index contributed by atoms with van der Waals surface area (Å²) in [5.41, 5.74) is 5.04. The lowest BCUT2D eigenvalue weighted by molar-refractivity contribution is 0.132. The molecule has 1 aliphatic carbocycles. The van der Waals surface area contributed by atoms with Crippen LogP contribution < -0.4 is 5.32 Å². The van der Waals surface area contributed by atoms with Crippen LogP contribution in [-0.4, -0.2) is 24.4 Å². The summed E-state index contributed by atoms with van der Waals surface area (Å²) >= 11 is 0. The van der Waals surface area contributed by atoms with Crippen molar-refractivity contribution in [1.29, 1.82) is 0 Å². The number of aliphatic hydroxyl groups is 1. The van der Waals surface area contributed by atoms with E-state index in [0.717, 1.165) is 22.3 Å². The zero-order valence-corrected chi connectivity index (χ0v) is 15.1. The third-order valence-corrected chi connectivity index (χ3v) is 5.07. The minimum atomic E-state index is -0.730. The molecule has 0 bridgehead atoms. The summed E-state index contributed by atoms with van der Waals surface area (Å²) < 4.78 is 18.9. The third kappa shape index (κ3) is 3.49. The second kappa shape index (κ2) is 7.82. The molecule has 0 radical (unpaired) electrons. The number of nitrogens with one attached hydrogen (secondary N) is 1. The van der Waals surface area contributed by atoms with E-state index in [0.29, 0.717) is 5.56 Å². The number of alkyl carbamates (subject to hydrolysis) is 1. The molecule has 0 saturated carbocycles. The number of benzene rings is 3. The zero-order chi connectivity index (χ0) is 19.5. The molecule has 4 nitrogen and oxygen atoms in total. The van der Waals surface area contributed by atoms with Crippen molar-refractivity contribution in [1.82, 2.24) is 5.32 Å². The van der Waals surface area contributed by atoms with Crippen LogP contribution in [0.2, 0.25) is 0 Å². The highest BCUT2D eigenvalue weighted by Gasteiger charge is 2.29. The first-order valence-corrected chi connectivity index (χ1v) is 9.15. The summed E-state index contributed by atoms with van der Waals surface area (Å²) in [5, 5.41) is 12.2. The number of rotatable bonds is 5. The van der Waals surface area contributed by atoms with E-state index >= 15 is 0 Å². The van der Waals surface area contributed by atoms with Crippen LogP contribution in [0.3, 0.4) is 0 Å². The quantitative estimate of drug-likeness (QED) is 0.693. The van der Waals surface area contributed by atoms with Crippen LogP contribution in [0.25, 0.3) is 11.1 Å². The van der Waals surface area contributed by atoms with Gasteiger partial charge in [-0.1, -0.05) is 60.7 Å². The smallest absolute Gasteiger partial charge is 0.407 e. The van der Waals surface area contributed by atoms with E-state index in [4.69, 9.17) is 4.74 Å². The SMILES string of the molecule is O=C(NC(CO)c1cccc(F)c1)OCC1c2ccccc2-c2ccccc21. The number of fused-ring (bicyclic) bond motifs is 3. The van der Waals surface area contributed by atoms with Crippen LogP contribution in [-0.2, 0) is 4.74 Å². The molecular formula is C23H20FNO3. The van der Waals surface area contributed by atoms with E-state index < -0.39 is 18.0 Å². The van der Waals surface area contributed by atoms with Gasteiger partial charge in [0.25, 0.3) is 0 Å². The lowest BCUT2D eigenvalue weighted by Gasteiger charge is -2.19.